The van der Waals surface area contributed by atoms with Crippen LogP contribution in [0.25, 0.3) is 0 Å². The summed E-state index contributed by atoms with van der Waals surface area (Å²) in [5.74, 6) is -3.24. The van der Waals surface area contributed by atoms with E-state index in [-0.39, 0.29) is 48.2 Å². The average Bonchev–Trinajstić information content (AvgIpc) is 3.57. The minimum absolute atomic E-state index is 0.0625. The molecule has 2 aromatic rings. The van der Waals surface area contributed by atoms with Gasteiger partial charge in [-0.05, 0) is 56.7 Å². The summed E-state index contributed by atoms with van der Waals surface area (Å²) in [7, 11) is 1.93. The summed E-state index contributed by atoms with van der Waals surface area (Å²) in [5.41, 5.74) is 1.09. The predicted octanol–water partition coefficient (Wildman–Crippen LogP) is 4.75. The predicted molar refractivity (Wildman–Crippen MR) is 192 cm³/mol. The van der Waals surface area contributed by atoms with Crippen LogP contribution < -0.4 is 16.0 Å². The number of hydrogen-bond donors (Lipinski definition) is 4. The lowest BCUT2D eigenvalue weighted by molar-refractivity contribution is -0.147. The lowest BCUT2D eigenvalue weighted by Gasteiger charge is -2.34. The Labute approximate surface area is 300 Å². The molecular formula is C37H55N5O7S. The average molecular weight is 714 g/mol. The van der Waals surface area contributed by atoms with Gasteiger partial charge in [0.25, 0.3) is 5.91 Å². The van der Waals surface area contributed by atoms with Gasteiger partial charge in [-0.2, -0.15) is 0 Å². The minimum Gasteiger partial charge on any atom is -0.481 e. The SMILES string of the molecule is CC[C@H](C)[C@H](NC(=O)[C@H]1CCCCN1C)C(=O)N[C@@H](C[C@H](OC(C)=O)c1nc(C(=O)N[C@H](Cc2ccccc2)C[C@H](C)C(=O)O)cs1)C(C)C. The molecule has 1 aromatic carbocycles. The van der Waals surface area contributed by atoms with Gasteiger partial charge in [0.05, 0.1) is 12.0 Å². The molecule has 4 N–H and O–H groups in total. The summed E-state index contributed by atoms with van der Waals surface area (Å²) in [4.78, 5) is 70.9. The van der Waals surface area contributed by atoms with E-state index < -0.39 is 48.0 Å². The largest absolute Gasteiger partial charge is 0.481 e. The molecule has 2 heterocycles. The lowest BCUT2D eigenvalue weighted by atomic mass is 9.94. The molecule has 3 rings (SSSR count). The molecule has 13 heteroatoms. The molecule has 7 atom stereocenters. The number of carbonyl (C=O) groups excluding carboxylic acids is 4. The van der Waals surface area contributed by atoms with Crippen LogP contribution in [-0.4, -0.2) is 82.4 Å². The molecule has 0 saturated carbocycles. The second kappa shape index (κ2) is 19.5. The number of aliphatic carboxylic acids is 1. The molecule has 0 unspecified atom stereocenters. The number of likely N-dealkylation sites (tertiary alicyclic amines) is 1. The van der Waals surface area contributed by atoms with E-state index in [0.29, 0.717) is 17.8 Å². The Bertz CT molecular complexity index is 1430. The number of likely N-dealkylation sites (N-methyl/N-ethyl adjacent to an activating group) is 1. The van der Waals surface area contributed by atoms with Crippen molar-refractivity contribution >= 4 is 41.0 Å². The van der Waals surface area contributed by atoms with Crippen molar-refractivity contribution < 1.29 is 33.8 Å². The number of carbonyl (C=O) groups is 5. The van der Waals surface area contributed by atoms with Gasteiger partial charge >= 0.3 is 11.9 Å². The van der Waals surface area contributed by atoms with Crippen LogP contribution in [0.3, 0.4) is 0 Å². The summed E-state index contributed by atoms with van der Waals surface area (Å²) in [6, 6.07) is 7.61. The number of carboxylic acid groups (broad SMARTS) is 1. The van der Waals surface area contributed by atoms with Gasteiger partial charge in [0.1, 0.15) is 16.7 Å². The summed E-state index contributed by atoms with van der Waals surface area (Å²) in [6.07, 6.45) is 3.49. The highest BCUT2D eigenvalue weighted by Gasteiger charge is 2.34. The molecule has 12 nitrogen and oxygen atoms in total. The van der Waals surface area contributed by atoms with Crippen LogP contribution in [0, 0.1) is 17.8 Å². The number of rotatable bonds is 18. The van der Waals surface area contributed by atoms with Crippen LogP contribution in [-0.2, 0) is 30.3 Å². The van der Waals surface area contributed by atoms with Gasteiger partial charge < -0.3 is 25.8 Å². The zero-order valence-corrected chi connectivity index (χ0v) is 31.3. The van der Waals surface area contributed by atoms with Crippen molar-refractivity contribution in [2.45, 2.75) is 117 Å². The Balaban J connectivity index is 1.76. The van der Waals surface area contributed by atoms with E-state index in [4.69, 9.17) is 4.74 Å². The zero-order chi connectivity index (χ0) is 37.0. The number of piperidine rings is 1. The molecule has 0 spiro atoms. The van der Waals surface area contributed by atoms with E-state index in [1.165, 1.54) is 18.3 Å². The minimum atomic E-state index is -0.945. The van der Waals surface area contributed by atoms with E-state index >= 15 is 0 Å². The number of aromatic nitrogens is 1. The van der Waals surface area contributed by atoms with Gasteiger partial charge in [0.15, 0.2) is 6.10 Å². The van der Waals surface area contributed by atoms with E-state index in [2.05, 4.69) is 20.9 Å². The molecule has 1 aliphatic heterocycles. The van der Waals surface area contributed by atoms with Gasteiger partial charge in [-0.15, -0.1) is 11.3 Å². The number of hydrogen-bond acceptors (Lipinski definition) is 9. The fourth-order valence-corrected chi connectivity index (χ4v) is 7.02. The first-order valence-corrected chi connectivity index (χ1v) is 18.6. The lowest BCUT2D eigenvalue weighted by Crippen LogP contribution is -2.57. The van der Waals surface area contributed by atoms with Crippen molar-refractivity contribution in [3.8, 4) is 0 Å². The molecule has 0 radical (unpaired) electrons. The maximum atomic E-state index is 13.8. The summed E-state index contributed by atoms with van der Waals surface area (Å²) >= 11 is 1.17. The number of benzene rings is 1. The Morgan fingerprint density at radius 2 is 1.72 bits per heavy atom. The van der Waals surface area contributed by atoms with Crippen molar-refractivity contribution in [2.24, 2.45) is 17.8 Å². The quantitative estimate of drug-likeness (QED) is 0.160. The van der Waals surface area contributed by atoms with Crippen LogP contribution in [0.5, 0.6) is 0 Å². The normalized spacial score (nSPS) is 18.6. The van der Waals surface area contributed by atoms with Gasteiger partial charge in [-0.1, -0.05) is 77.8 Å². The van der Waals surface area contributed by atoms with Crippen molar-refractivity contribution in [2.75, 3.05) is 13.6 Å². The van der Waals surface area contributed by atoms with Gasteiger partial charge in [-0.3, -0.25) is 28.9 Å². The first-order chi connectivity index (χ1) is 23.7. The molecular weight excluding hydrogens is 659 g/mol. The number of esters is 1. The van der Waals surface area contributed by atoms with Gasteiger partial charge in [-0.25, -0.2) is 4.98 Å². The Kier molecular flexibility index (Phi) is 15.8. The number of carboxylic acids is 1. The highest BCUT2D eigenvalue weighted by atomic mass is 32.1. The molecule has 0 bridgehead atoms. The van der Waals surface area contributed by atoms with Crippen LogP contribution in [0.2, 0.25) is 0 Å². The maximum Gasteiger partial charge on any atom is 0.306 e. The highest BCUT2D eigenvalue weighted by molar-refractivity contribution is 7.09. The Morgan fingerprint density at radius 3 is 2.32 bits per heavy atom. The maximum absolute atomic E-state index is 13.8. The molecule has 3 amide bonds. The third kappa shape index (κ3) is 12.2. The second-order valence-electron chi connectivity index (χ2n) is 14.0. The van der Waals surface area contributed by atoms with E-state index in [0.717, 1.165) is 31.4 Å². The second-order valence-corrected chi connectivity index (χ2v) is 14.9. The standard InChI is InChI=1S/C37H55N5O7S/c1-8-23(4)32(41-34(45)30-16-12-13-17-42(30)7)35(46)39-28(22(2)3)20-31(49-25(6)43)36-40-29(21-50-36)33(44)38-27(18-24(5)37(47)48)19-26-14-10-9-11-15-26/h9-11,14-15,21-24,27-28,30-32H,8,12-13,16-20H2,1-7H3,(H,38,44)(H,39,46)(H,41,45)(H,47,48)/t23-,24-,27-,28-,30+,31-,32-/m0/s1. The smallest absolute Gasteiger partial charge is 0.306 e. The molecule has 0 aliphatic carbocycles. The van der Waals surface area contributed by atoms with E-state index in [1.54, 1.807) is 12.3 Å². The first kappa shape index (κ1) is 40.6. The summed E-state index contributed by atoms with van der Waals surface area (Å²) in [6.45, 7) is 11.6. The monoisotopic (exact) mass is 713 g/mol. The summed E-state index contributed by atoms with van der Waals surface area (Å²) in [5, 5.41) is 20.6. The van der Waals surface area contributed by atoms with Crippen molar-refractivity contribution in [1.29, 1.82) is 0 Å². The molecule has 1 fully saturated rings. The van der Waals surface area contributed by atoms with Crippen LogP contribution in [0.4, 0.5) is 0 Å². The molecule has 276 valence electrons. The van der Waals surface area contributed by atoms with Crippen molar-refractivity contribution in [3.05, 3.63) is 52.0 Å². The van der Waals surface area contributed by atoms with Crippen molar-refractivity contribution in [1.82, 2.24) is 25.8 Å². The third-order valence-electron chi connectivity index (χ3n) is 9.52. The van der Waals surface area contributed by atoms with Crippen molar-refractivity contribution in [3.63, 3.8) is 0 Å². The van der Waals surface area contributed by atoms with E-state index in [1.807, 2.05) is 70.0 Å². The number of thiazole rings is 1. The van der Waals surface area contributed by atoms with Crippen LogP contribution in [0.1, 0.15) is 107 Å². The molecule has 1 aliphatic rings. The Hall–Kier alpha value is -3.84. The summed E-state index contributed by atoms with van der Waals surface area (Å²) < 4.78 is 5.70. The fourth-order valence-electron chi connectivity index (χ4n) is 6.18. The molecule has 50 heavy (non-hydrogen) atoms. The zero-order valence-electron chi connectivity index (χ0n) is 30.4. The topological polar surface area (TPSA) is 167 Å². The van der Waals surface area contributed by atoms with Gasteiger partial charge in [0, 0.05) is 30.8 Å². The Morgan fingerprint density at radius 1 is 1.02 bits per heavy atom. The molecule has 1 saturated heterocycles. The number of nitrogens with zero attached hydrogens (tertiary/aromatic N) is 2. The number of nitrogens with one attached hydrogen (secondary N) is 3. The van der Waals surface area contributed by atoms with Crippen LogP contribution >= 0.6 is 11.3 Å². The van der Waals surface area contributed by atoms with Gasteiger partial charge in [0.2, 0.25) is 11.8 Å². The fraction of sp³-hybridized carbons (Fsp3) is 0.622. The highest BCUT2D eigenvalue weighted by Crippen LogP contribution is 2.29. The number of amides is 3. The van der Waals surface area contributed by atoms with E-state index in [9.17, 15) is 29.1 Å². The first-order valence-electron chi connectivity index (χ1n) is 17.7. The molecule has 1 aromatic heterocycles. The number of ether oxygens (including phenoxy) is 1. The third-order valence-corrected chi connectivity index (χ3v) is 10.5. The van der Waals surface area contributed by atoms with Crippen LogP contribution in [0.15, 0.2) is 35.7 Å².